The molecular formula is C19H21N3O. The highest BCUT2D eigenvalue weighted by molar-refractivity contribution is 5.87. The molecule has 4 nitrogen and oxygen atoms in total. The van der Waals surface area contributed by atoms with Gasteiger partial charge in [0.2, 0.25) is 5.91 Å². The van der Waals surface area contributed by atoms with E-state index >= 15 is 0 Å². The van der Waals surface area contributed by atoms with Crippen LogP contribution in [-0.4, -0.2) is 23.5 Å². The fraction of sp³-hybridized carbons (Fsp3) is 0.211. The van der Waals surface area contributed by atoms with Crippen LogP contribution in [0.25, 0.3) is 10.9 Å². The van der Waals surface area contributed by atoms with E-state index in [0.717, 1.165) is 23.0 Å². The van der Waals surface area contributed by atoms with Crippen LogP contribution in [0.1, 0.15) is 12.5 Å². The summed E-state index contributed by atoms with van der Waals surface area (Å²) in [5.41, 5.74) is 3.27. The molecule has 0 aliphatic carbocycles. The average Bonchev–Trinajstić information content (AvgIpc) is 3.03. The van der Waals surface area contributed by atoms with Crippen molar-refractivity contribution in [3.63, 3.8) is 0 Å². The number of carbonyl (C=O) groups is 1. The summed E-state index contributed by atoms with van der Waals surface area (Å²) >= 11 is 0. The molecule has 1 aromatic heterocycles. The topological polar surface area (TPSA) is 56.9 Å². The van der Waals surface area contributed by atoms with Crippen molar-refractivity contribution in [3.05, 3.63) is 66.4 Å². The van der Waals surface area contributed by atoms with Crippen molar-refractivity contribution in [1.82, 2.24) is 10.3 Å². The van der Waals surface area contributed by atoms with Crippen molar-refractivity contribution < 1.29 is 4.79 Å². The highest BCUT2D eigenvalue weighted by atomic mass is 16.2. The van der Waals surface area contributed by atoms with E-state index < -0.39 is 0 Å². The van der Waals surface area contributed by atoms with Crippen LogP contribution in [0.5, 0.6) is 0 Å². The first kappa shape index (κ1) is 15.2. The fourth-order valence-corrected chi connectivity index (χ4v) is 2.59. The molecule has 0 fully saturated rings. The minimum absolute atomic E-state index is 0.00935. The van der Waals surface area contributed by atoms with Crippen molar-refractivity contribution in [2.24, 2.45) is 0 Å². The van der Waals surface area contributed by atoms with Crippen molar-refractivity contribution in [2.75, 3.05) is 11.9 Å². The SMILES string of the molecule is CC(Nc1ccc2[nH]ccc2c1)C(=O)NCCc1ccccc1. The van der Waals surface area contributed by atoms with Crippen molar-refractivity contribution in [3.8, 4) is 0 Å². The van der Waals surface area contributed by atoms with Gasteiger partial charge >= 0.3 is 0 Å². The zero-order valence-corrected chi connectivity index (χ0v) is 13.2. The van der Waals surface area contributed by atoms with Crippen molar-refractivity contribution in [1.29, 1.82) is 0 Å². The van der Waals surface area contributed by atoms with E-state index in [1.54, 1.807) is 0 Å². The van der Waals surface area contributed by atoms with Crippen LogP contribution in [0.3, 0.4) is 0 Å². The third-order valence-electron chi connectivity index (χ3n) is 3.89. The number of benzene rings is 2. The molecule has 1 amide bonds. The summed E-state index contributed by atoms with van der Waals surface area (Å²) in [6.45, 7) is 2.52. The summed E-state index contributed by atoms with van der Waals surface area (Å²) in [4.78, 5) is 15.3. The predicted molar refractivity (Wildman–Crippen MR) is 94.5 cm³/mol. The lowest BCUT2D eigenvalue weighted by Crippen LogP contribution is -2.38. The van der Waals surface area contributed by atoms with E-state index in [1.165, 1.54) is 5.56 Å². The van der Waals surface area contributed by atoms with E-state index in [2.05, 4.69) is 27.8 Å². The van der Waals surface area contributed by atoms with E-state index in [4.69, 9.17) is 0 Å². The van der Waals surface area contributed by atoms with Gasteiger partial charge in [0.15, 0.2) is 0 Å². The highest BCUT2D eigenvalue weighted by Crippen LogP contribution is 2.18. The molecule has 1 atom stereocenters. The quantitative estimate of drug-likeness (QED) is 0.654. The number of hydrogen-bond donors (Lipinski definition) is 3. The maximum Gasteiger partial charge on any atom is 0.242 e. The average molecular weight is 307 g/mol. The minimum atomic E-state index is -0.276. The summed E-state index contributed by atoms with van der Waals surface area (Å²) < 4.78 is 0. The maximum absolute atomic E-state index is 12.2. The second-order valence-electron chi connectivity index (χ2n) is 5.67. The smallest absolute Gasteiger partial charge is 0.242 e. The normalized spacial score (nSPS) is 12.0. The van der Waals surface area contributed by atoms with Crippen LogP contribution in [0.4, 0.5) is 5.69 Å². The number of rotatable bonds is 6. The van der Waals surface area contributed by atoms with Gasteiger partial charge in [0, 0.05) is 29.3 Å². The summed E-state index contributed by atoms with van der Waals surface area (Å²) in [7, 11) is 0. The molecule has 23 heavy (non-hydrogen) atoms. The number of fused-ring (bicyclic) bond motifs is 1. The standard InChI is InChI=1S/C19H21N3O/c1-14(19(23)21-11-9-15-5-3-2-4-6-15)22-17-7-8-18-16(13-17)10-12-20-18/h2-8,10,12-14,20,22H,9,11H2,1H3,(H,21,23). The molecule has 0 aliphatic heterocycles. The summed E-state index contributed by atoms with van der Waals surface area (Å²) in [6.07, 6.45) is 2.75. The molecule has 1 unspecified atom stereocenters. The van der Waals surface area contributed by atoms with E-state index in [-0.39, 0.29) is 11.9 Å². The Bertz CT molecular complexity index is 779. The van der Waals surface area contributed by atoms with Gasteiger partial charge in [-0.15, -0.1) is 0 Å². The Balaban J connectivity index is 1.50. The molecule has 0 radical (unpaired) electrons. The van der Waals surface area contributed by atoms with Crippen LogP contribution in [0, 0.1) is 0 Å². The Morgan fingerprint density at radius 1 is 1.13 bits per heavy atom. The number of carbonyl (C=O) groups excluding carboxylic acids is 1. The lowest BCUT2D eigenvalue weighted by atomic mass is 10.1. The summed E-state index contributed by atoms with van der Waals surface area (Å²) in [5.74, 6) is 0.00935. The summed E-state index contributed by atoms with van der Waals surface area (Å²) in [6, 6.07) is 17.9. The summed E-state index contributed by atoms with van der Waals surface area (Å²) in [5, 5.41) is 7.35. The lowest BCUT2D eigenvalue weighted by molar-refractivity contribution is -0.121. The highest BCUT2D eigenvalue weighted by Gasteiger charge is 2.12. The minimum Gasteiger partial charge on any atom is -0.374 e. The molecule has 2 aromatic carbocycles. The first-order valence-corrected chi connectivity index (χ1v) is 7.88. The maximum atomic E-state index is 12.2. The van der Waals surface area contributed by atoms with Gasteiger partial charge in [0.25, 0.3) is 0 Å². The van der Waals surface area contributed by atoms with Crippen LogP contribution in [0.15, 0.2) is 60.8 Å². The number of nitrogens with one attached hydrogen (secondary N) is 3. The Hall–Kier alpha value is -2.75. The van der Waals surface area contributed by atoms with Crippen LogP contribution >= 0.6 is 0 Å². The number of anilines is 1. The molecule has 3 N–H and O–H groups in total. The van der Waals surface area contributed by atoms with Gasteiger partial charge in [-0.1, -0.05) is 30.3 Å². The Kier molecular flexibility index (Phi) is 4.62. The third kappa shape index (κ3) is 3.92. The van der Waals surface area contributed by atoms with Gasteiger partial charge in [-0.2, -0.15) is 0 Å². The van der Waals surface area contributed by atoms with Crippen LogP contribution < -0.4 is 10.6 Å². The molecule has 4 heteroatoms. The first-order chi connectivity index (χ1) is 11.2. The Labute approximate surface area is 135 Å². The van der Waals surface area contributed by atoms with E-state index in [9.17, 15) is 4.79 Å². The van der Waals surface area contributed by atoms with Gasteiger partial charge in [0.05, 0.1) is 0 Å². The first-order valence-electron chi connectivity index (χ1n) is 7.88. The molecule has 3 aromatic rings. The van der Waals surface area contributed by atoms with Gasteiger partial charge in [-0.05, 0) is 43.2 Å². The molecule has 0 aliphatic rings. The second kappa shape index (κ2) is 7.01. The third-order valence-corrected chi connectivity index (χ3v) is 3.89. The number of hydrogen-bond acceptors (Lipinski definition) is 2. The van der Waals surface area contributed by atoms with Gasteiger partial charge in [-0.3, -0.25) is 4.79 Å². The predicted octanol–water partition coefficient (Wildman–Crippen LogP) is 3.33. The van der Waals surface area contributed by atoms with Gasteiger partial charge < -0.3 is 15.6 Å². The zero-order valence-electron chi connectivity index (χ0n) is 13.2. The molecule has 0 saturated heterocycles. The lowest BCUT2D eigenvalue weighted by Gasteiger charge is -2.15. The van der Waals surface area contributed by atoms with Gasteiger partial charge in [0.1, 0.15) is 6.04 Å². The molecule has 118 valence electrons. The van der Waals surface area contributed by atoms with Gasteiger partial charge in [-0.25, -0.2) is 0 Å². The molecular weight excluding hydrogens is 286 g/mol. The molecule has 3 rings (SSSR count). The molecule has 1 heterocycles. The van der Waals surface area contributed by atoms with Crippen LogP contribution in [0.2, 0.25) is 0 Å². The molecule has 0 bridgehead atoms. The Morgan fingerprint density at radius 2 is 1.96 bits per heavy atom. The zero-order chi connectivity index (χ0) is 16.1. The number of amides is 1. The van der Waals surface area contributed by atoms with E-state index in [1.807, 2.05) is 55.6 Å². The number of H-pyrrole nitrogens is 1. The number of aromatic amines is 1. The molecule has 0 spiro atoms. The largest absolute Gasteiger partial charge is 0.374 e. The second-order valence-corrected chi connectivity index (χ2v) is 5.67. The number of aromatic nitrogens is 1. The Morgan fingerprint density at radius 3 is 2.78 bits per heavy atom. The molecule has 0 saturated carbocycles. The fourth-order valence-electron chi connectivity index (χ4n) is 2.59. The van der Waals surface area contributed by atoms with Crippen molar-refractivity contribution >= 4 is 22.5 Å². The van der Waals surface area contributed by atoms with E-state index in [0.29, 0.717) is 6.54 Å². The van der Waals surface area contributed by atoms with Crippen LogP contribution in [-0.2, 0) is 11.2 Å². The monoisotopic (exact) mass is 307 g/mol. The van der Waals surface area contributed by atoms with Crippen molar-refractivity contribution in [2.45, 2.75) is 19.4 Å².